The average Bonchev–Trinajstić information content (AvgIpc) is 3.09. The predicted octanol–water partition coefficient (Wildman–Crippen LogP) is 5.23. The van der Waals surface area contributed by atoms with E-state index in [0.717, 1.165) is 35.0 Å². The number of aromatic nitrogens is 1. The van der Waals surface area contributed by atoms with Gasteiger partial charge in [0.2, 0.25) is 0 Å². The summed E-state index contributed by atoms with van der Waals surface area (Å²) in [6.07, 6.45) is 2.72. The number of para-hydroxylation sites is 1. The number of carbonyl (C=O) groups is 2. The van der Waals surface area contributed by atoms with Crippen LogP contribution in [0, 0.1) is 0 Å². The van der Waals surface area contributed by atoms with Crippen LogP contribution in [0.1, 0.15) is 45.2 Å². The quantitative estimate of drug-likeness (QED) is 0.491. The molecule has 0 saturated heterocycles. The molecule has 0 unspecified atom stereocenters. The molecule has 1 heterocycles. The Morgan fingerprint density at radius 1 is 1.03 bits per heavy atom. The third-order valence-corrected chi connectivity index (χ3v) is 4.96. The van der Waals surface area contributed by atoms with Crippen LogP contribution >= 0.6 is 0 Å². The summed E-state index contributed by atoms with van der Waals surface area (Å²) in [5, 5.41) is 3.78. The van der Waals surface area contributed by atoms with Crippen LogP contribution in [0.4, 0.5) is 4.79 Å². The van der Waals surface area contributed by atoms with Gasteiger partial charge in [0.1, 0.15) is 18.2 Å². The molecule has 0 bridgehead atoms. The Kier molecular flexibility index (Phi) is 7.57. The third-order valence-electron chi connectivity index (χ3n) is 4.96. The van der Waals surface area contributed by atoms with Crippen molar-refractivity contribution in [3.8, 4) is 0 Å². The molecular formula is C26H32N2O4. The van der Waals surface area contributed by atoms with Crippen LogP contribution < -0.4 is 5.32 Å². The lowest BCUT2D eigenvalue weighted by Crippen LogP contribution is -2.45. The number of fused-ring (bicyclic) bond motifs is 1. The van der Waals surface area contributed by atoms with Gasteiger partial charge >= 0.3 is 12.1 Å². The first kappa shape index (κ1) is 23.4. The summed E-state index contributed by atoms with van der Waals surface area (Å²) in [5.41, 5.74) is 2.31. The van der Waals surface area contributed by atoms with Crippen molar-refractivity contribution in [1.29, 1.82) is 0 Å². The highest BCUT2D eigenvalue weighted by molar-refractivity contribution is 5.86. The normalized spacial score (nSPS) is 12.4. The number of aryl methyl sites for hydroxylation is 1. The van der Waals surface area contributed by atoms with E-state index in [1.807, 2.05) is 48.5 Å². The highest BCUT2D eigenvalue weighted by Crippen LogP contribution is 2.23. The maximum Gasteiger partial charge on any atom is 0.408 e. The fraction of sp³-hybridized carbons (Fsp3) is 0.385. The van der Waals surface area contributed by atoms with Gasteiger partial charge in [-0.2, -0.15) is 0 Å². The van der Waals surface area contributed by atoms with E-state index in [-0.39, 0.29) is 6.61 Å². The molecule has 2 aromatic carbocycles. The Bertz CT molecular complexity index is 1050. The summed E-state index contributed by atoms with van der Waals surface area (Å²) in [6, 6.07) is 16.7. The number of alkyl carbamates (subject to hydrolysis) is 1. The van der Waals surface area contributed by atoms with Gasteiger partial charge in [0, 0.05) is 30.1 Å². The second-order valence-electron chi connectivity index (χ2n) is 8.86. The van der Waals surface area contributed by atoms with Crippen molar-refractivity contribution in [2.24, 2.45) is 0 Å². The number of nitrogens with zero attached hydrogens (tertiary/aromatic N) is 1. The van der Waals surface area contributed by atoms with Crippen molar-refractivity contribution in [3.05, 3.63) is 71.9 Å². The first-order chi connectivity index (χ1) is 15.3. The number of carbonyl (C=O) groups excluding carboxylic acids is 2. The molecule has 3 aromatic rings. The minimum atomic E-state index is -0.866. The Hall–Kier alpha value is -3.28. The lowest BCUT2D eigenvalue weighted by Gasteiger charge is -2.23. The highest BCUT2D eigenvalue weighted by Gasteiger charge is 2.27. The molecule has 0 saturated carbocycles. The smallest absolute Gasteiger partial charge is 0.408 e. The van der Waals surface area contributed by atoms with E-state index >= 15 is 0 Å². The predicted molar refractivity (Wildman–Crippen MR) is 125 cm³/mol. The number of nitrogens with one attached hydrogen (secondary N) is 1. The van der Waals surface area contributed by atoms with E-state index in [2.05, 4.69) is 29.1 Å². The Labute approximate surface area is 189 Å². The van der Waals surface area contributed by atoms with Crippen LogP contribution in [0.15, 0.2) is 60.8 Å². The van der Waals surface area contributed by atoms with E-state index in [1.165, 1.54) is 0 Å². The average molecular weight is 437 g/mol. The van der Waals surface area contributed by atoms with E-state index < -0.39 is 23.7 Å². The molecule has 1 amide bonds. The lowest BCUT2D eigenvalue weighted by molar-refractivity contribution is -0.147. The summed E-state index contributed by atoms with van der Waals surface area (Å²) >= 11 is 0. The van der Waals surface area contributed by atoms with Gasteiger partial charge < -0.3 is 19.4 Å². The van der Waals surface area contributed by atoms with Crippen LogP contribution in [0.2, 0.25) is 0 Å². The number of hydrogen-bond donors (Lipinski definition) is 1. The molecule has 0 aliphatic carbocycles. The van der Waals surface area contributed by atoms with Crippen molar-refractivity contribution < 1.29 is 19.1 Å². The van der Waals surface area contributed by atoms with E-state index in [9.17, 15) is 9.59 Å². The molecular weight excluding hydrogens is 404 g/mol. The largest absolute Gasteiger partial charge is 0.459 e. The van der Waals surface area contributed by atoms with Crippen LogP contribution in [-0.4, -0.2) is 28.3 Å². The molecule has 1 aromatic heterocycles. The zero-order valence-corrected chi connectivity index (χ0v) is 19.3. The van der Waals surface area contributed by atoms with Gasteiger partial charge in [-0.15, -0.1) is 0 Å². The zero-order valence-electron chi connectivity index (χ0n) is 19.3. The van der Waals surface area contributed by atoms with Crippen molar-refractivity contribution in [2.75, 3.05) is 0 Å². The van der Waals surface area contributed by atoms with Gasteiger partial charge in [-0.1, -0.05) is 55.5 Å². The number of ether oxygens (including phenoxy) is 2. The van der Waals surface area contributed by atoms with Gasteiger partial charge in [0.25, 0.3) is 0 Å². The molecule has 1 atom stereocenters. The SMILES string of the molecule is CCCn1cc(C[C@H](NC(=O)OC(C)(C)C)C(=O)OCc2ccccc2)c2ccccc21. The first-order valence-electron chi connectivity index (χ1n) is 11.0. The second-order valence-corrected chi connectivity index (χ2v) is 8.86. The molecule has 0 spiro atoms. The van der Waals surface area contributed by atoms with Crippen molar-refractivity contribution >= 4 is 23.0 Å². The fourth-order valence-electron chi connectivity index (χ4n) is 3.60. The lowest BCUT2D eigenvalue weighted by atomic mass is 10.1. The van der Waals surface area contributed by atoms with Gasteiger partial charge in [0.05, 0.1) is 0 Å². The standard InChI is InChI=1S/C26H32N2O4/c1-5-15-28-17-20(21-13-9-10-14-23(21)28)16-22(27-25(30)32-26(2,3)4)24(29)31-18-19-11-7-6-8-12-19/h6-14,17,22H,5,15-16,18H2,1-4H3,(H,27,30)/t22-/m0/s1. The van der Waals surface area contributed by atoms with E-state index in [4.69, 9.17) is 9.47 Å². The summed E-state index contributed by atoms with van der Waals surface area (Å²) < 4.78 is 13.1. The molecule has 170 valence electrons. The summed E-state index contributed by atoms with van der Waals surface area (Å²) in [4.78, 5) is 25.5. The molecule has 3 rings (SSSR count). The Morgan fingerprint density at radius 3 is 2.41 bits per heavy atom. The minimum absolute atomic E-state index is 0.143. The molecule has 0 radical (unpaired) electrons. The zero-order chi connectivity index (χ0) is 23.1. The maximum atomic E-state index is 13.0. The van der Waals surface area contributed by atoms with E-state index in [1.54, 1.807) is 20.8 Å². The molecule has 6 nitrogen and oxygen atoms in total. The van der Waals surface area contributed by atoms with Crippen molar-refractivity contribution in [1.82, 2.24) is 9.88 Å². The maximum absolute atomic E-state index is 13.0. The summed E-state index contributed by atoms with van der Waals surface area (Å²) in [6.45, 7) is 8.50. The first-order valence-corrected chi connectivity index (χ1v) is 11.0. The minimum Gasteiger partial charge on any atom is -0.459 e. The van der Waals surface area contributed by atoms with E-state index in [0.29, 0.717) is 6.42 Å². The number of esters is 1. The van der Waals surface area contributed by atoms with Gasteiger partial charge in [0.15, 0.2) is 0 Å². The number of benzene rings is 2. The third kappa shape index (κ3) is 6.36. The van der Waals surface area contributed by atoms with Crippen molar-refractivity contribution in [2.45, 2.75) is 65.3 Å². The number of amides is 1. The van der Waals surface area contributed by atoms with Gasteiger partial charge in [-0.25, -0.2) is 9.59 Å². The van der Waals surface area contributed by atoms with Crippen LogP contribution in [-0.2, 0) is 33.8 Å². The summed E-state index contributed by atoms with van der Waals surface area (Å²) in [7, 11) is 0. The monoisotopic (exact) mass is 436 g/mol. The van der Waals surface area contributed by atoms with Crippen LogP contribution in [0.3, 0.4) is 0 Å². The molecule has 6 heteroatoms. The number of rotatable bonds is 8. The summed E-state index contributed by atoms with van der Waals surface area (Å²) in [5.74, 6) is -0.493. The topological polar surface area (TPSA) is 69.6 Å². The highest BCUT2D eigenvalue weighted by atomic mass is 16.6. The van der Waals surface area contributed by atoms with Crippen molar-refractivity contribution in [3.63, 3.8) is 0 Å². The van der Waals surface area contributed by atoms with Gasteiger partial charge in [-0.05, 0) is 44.4 Å². The number of hydrogen-bond acceptors (Lipinski definition) is 4. The molecule has 32 heavy (non-hydrogen) atoms. The van der Waals surface area contributed by atoms with Crippen LogP contribution in [0.25, 0.3) is 10.9 Å². The fourth-order valence-corrected chi connectivity index (χ4v) is 3.60. The molecule has 0 fully saturated rings. The molecule has 0 aliphatic rings. The molecule has 0 aliphatic heterocycles. The van der Waals surface area contributed by atoms with Crippen LogP contribution in [0.5, 0.6) is 0 Å². The van der Waals surface area contributed by atoms with Gasteiger partial charge in [-0.3, -0.25) is 0 Å². The Morgan fingerprint density at radius 2 is 1.72 bits per heavy atom. The second kappa shape index (κ2) is 10.4. The Balaban J connectivity index is 1.82. The molecule has 1 N–H and O–H groups in total.